The molecule has 0 bridgehead atoms. The van der Waals surface area contributed by atoms with Crippen molar-refractivity contribution in [2.45, 2.75) is 55.5 Å². The Morgan fingerprint density at radius 3 is 2.37 bits per heavy atom. The lowest BCUT2D eigenvalue weighted by Gasteiger charge is -2.49. The van der Waals surface area contributed by atoms with E-state index in [4.69, 9.17) is 9.47 Å². The maximum Gasteiger partial charge on any atom is 0.408 e. The van der Waals surface area contributed by atoms with Crippen LogP contribution in [0.25, 0.3) is 0 Å². The Kier molecular flexibility index (Phi) is 8.74. The second kappa shape index (κ2) is 12.4. The molecule has 0 aliphatic carbocycles. The molecular weight excluding hydrogens is 560 g/mol. The Labute approximate surface area is 247 Å². The predicted molar refractivity (Wildman–Crippen MR) is 158 cm³/mol. The van der Waals surface area contributed by atoms with Gasteiger partial charge in [-0.2, -0.15) is 0 Å². The van der Waals surface area contributed by atoms with E-state index in [1.807, 2.05) is 60.7 Å². The Morgan fingerprint density at radius 1 is 1.12 bits per heavy atom. The van der Waals surface area contributed by atoms with Crippen LogP contribution < -0.4 is 5.32 Å². The molecular formula is C30H32N4O5S2. The number of hydrogen-bond acceptors (Lipinski definition) is 8. The van der Waals surface area contributed by atoms with Crippen molar-refractivity contribution in [3.05, 3.63) is 95.5 Å². The third-order valence-electron chi connectivity index (χ3n) is 6.46. The smallest absolute Gasteiger partial charge is 0.408 e. The van der Waals surface area contributed by atoms with Crippen LogP contribution in [0.15, 0.2) is 89.5 Å². The number of aromatic amines is 1. The van der Waals surface area contributed by atoms with Crippen LogP contribution in [0.5, 0.6) is 0 Å². The number of benzene rings is 2. The van der Waals surface area contributed by atoms with E-state index in [1.54, 1.807) is 33.2 Å². The van der Waals surface area contributed by atoms with Crippen molar-refractivity contribution in [2.75, 3.05) is 11.5 Å². The minimum Gasteiger partial charge on any atom is -0.448 e. The number of alkyl carbamates (subject to hydrolysis) is 1. The number of imidazole rings is 1. The summed E-state index contributed by atoms with van der Waals surface area (Å²) in [5.74, 6) is 0.237. The van der Waals surface area contributed by atoms with Gasteiger partial charge in [0.05, 0.1) is 0 Å². The lowest BCUT2D eigenvalue weighted by molar-refractivity contribution is -0.153. The molecule has 0 saturated carbocycles. The molecule has 2 atom stereocenters. The van der Waals surface area contributed by atoms with E-state index in [0.717, 1.165) is 21.9 Å². The van der Waals surface area contributed by atoms with Crippen molar-refractivity contribution in [3.63, 3.8) is 0 Å². The first-order chi connectivity index (χ1) is 19.7. The normalized spacial score (nSPS) is 18.5. The number of carbonyl (C=O) groups excluding carboxylic acids is 3. The number of aromatic nitrogens is 2. The van der Waals surface area contributed by atoms with E-state index in [9.17, 15) is 14.4 Å². The average Bonchev–Trinajstić information content (AvgIpc) is 3.48. The summed E-state index contributed by atoms with van der Waals surface area (Å²) in [7, 11) is 0. The molecule has 3 heterocycles. The van der Waals surface area contributed by atoms with Gasteiger partial charge < -0.3 is 19.8 Å². The number of hydrogen-bond donors (Lipinski definition) is 2. The molecule has 0 radical (unpaired) electrons. The first kappa shape index (κ1) is 28.8. The van der Waals surface area contributed by atoms with Gasteiger partial charge in [0.25, 0.3) is 5.91 Å². The zero-order valence-corrected chi connectivity index (χ0v) is 24.7. The van der Waals surface area contributed by atoms with Crippen LogP contribution in [0.2, 0.25) is 0 Å². The predicted octanol–water partition coefficient (Wildman–Crippen LogP) is 5.29. The number of carbonyl (C=O) groups is 3. The summed E-state index contributed by atoms with van der Waals surface area (Å²) in [6.45, 7) is 5.28. The molecule has 2 aliphatic heterocycles. The van der Waals surface area contributed by atoms with Crippen molar-refractivity contribution < 1.29 is 23.9 Å². The highest BCUT2D eigenvalue weighted by molar-refractivity contribution is 8.00. The average molecular weight is 593 g/mol. The summed E-state index contributed by atoms with van der Waals surface area (Å²) in [5, 5.41) is 3.03. The van der Waals surface area contributed by atoms with Crippen LogP contribution in [0.1, 0.15) is 44.4 Å². The molecule has 1 saturated heterocycles. The fraction of sp³-hybridized carbons (Fsp3) is 0.333. The highest BCUT2D eigenvalue weighted by Gasteiger charge is 2.55. The van der Waals surface area contributed by atoms with Crippen LogP contribution >= 0.6 is 23.5 Å². The molecule has 2 N–H and O–H groups in total. The van der Waals surface area contributed by atoms with Gasteiger partial charge in [0.1, 0.15) is 22.7 Å². The minimum atomic E-state index is -0.796. The highest BCUT2D eigenvalue weighted by Crippen LogP contribution is 2.43. The molecule has 2 aliphatic rings. The Hall–Kier alpha value is -3.70. The third-order valence-corrected chi connectivity index (χ3v) is 8.70. The van der Waals surface area contributed by atoms with Crippen LogP contribution in [0.3, 0.4) is 0 Å². The molecule has 1 fully saturated rings. The summed E-state index contributed by atoms with van der Waals surface area (Å²) < 4.78 is 11.6. The van der Waals surface area contributed by atoms with Crippen LogP contribution in [-0.2, 0) is 19.1 Å². The van der Waals surface area contributed by atoms with E-state index >= 15 is 0 Å². The van der Waals surface area contributed by atoms with Crippen molar-refractivity contribution in [3.8, 4) is 0 Å². The molecule has 9 nitrogen and oxygen atoms in total. The summed E-state index contributed by atoms with van der Waals surface area (Å²) in [6, 6.07) is 18.3. The number of nitrogens with one attached hydrogen (secondary N) is 2. The molecule has 41 heavy (non-hydrogen) atoms. The minimum absolute atomic E-state index is 0.248. The van der Waals surface area contributed by atoms with Crippen LogP contribution in [-0.4, -0.2) is 61.4 Å². The lowest BCUT2D eigenvalue weighted by Crippen LogP contribution is -2.70. The van der Waals surface area contributed by atoms with Gasteiger partial charge in [-0.15, -0.1) is 11.8 Å². The van der Waals surface area contributed by atoms with Gasteiger partial charge in [-0.05, 0) is 43.9 Å². The summed E-state index contributed by atoms with van der Waals surface area (Å²) in [5.41, 5.74) is 2.01. The first-order valence-corrected chi connectivity index (χ1v) is 15.3. The van der Waals surface area contributed by atoms with E-state index in [1.165, 1.54) is 28.4 Å². The number of amides is 2. The molecule has 0 unspecified atom stereocenters. The summed E-state index contributed by atoms with van der Waals surface area (Å²) in [4.78, 5) is 48.6. The van der Waals surface area contributed by atoms with E-state index in [2.05, 4.69) is 15.3 Å². The number of fused-ring (bicyclic) bond motifs is 1. The maximum atomic E-state index is 14.0. The molecule has 3 aromatic rings. The quantitative estimate of drug-likeness (QED) is 0.196. The molecule has 0 spiro atoms. The van der Waals surface area contributed by atoms with Crippen LogP contribution in [0, 0.1) is 0 Å². The Balaban J connectivity index is 1.41. The molecule has 11 heteroatoms. The highest BCUT2D eigenvalue weighted by atomic mass is 32.2. The zero-order chi connectivity index (χ0) is 29.0. The Morgan fingerprint density at radius 2 is 1.78 bits per heavy atom. The third kappa shape index (κ3) is 6.79. The zero-order valence-electron chi connectivity index (χ0n) is 23.0. The van der Waals surface area contributed by atoms with Gasteiger partial charge in [-0.3, -0.25) is 9.69 Å². The monoisotopic (exact) mass is 592 g/mol. The number of H-pyrrole nitrogens is 1. The van der Waals surface area contributed by atoms with Gasteiger partial charge in [0, 0.05) is 23.9 Å². The molecule has 1 aromatic heterocycles. The van der Waals surface area contributed by atoms with Gasteiger partial charge in [0.15, 0.2) is 11.3 Å². The number of nitrogens with zero attached hydrogens (tertiary/aromatic N) is 2. The molecule has 214 valence electrons. The van der Waals surface area contributed by atoms with Crippen molar-refractivity contribution in [1.29, 1.82) is 0 Å². The van der Waals surface area contributed by atoms with Gasteiger partial charge in [-0.25, -0.2) is 14.6 Å². The second-order valence-corrected chi connectivity index (χ2v) is 12.8. The molecule has 2 aromatic carbocycles. The van der Waals surface area contributed by atoms with Gasteiger partial charge in [0.2, 0.25) is 0 Å². The number of thioether (sulfide) groups is 2. The number of β-lactam (4-membered cyclic amide) rings is 1. The van der Waals surface area contributed by atoms with Gasteiger partial charge in [-0.1, -0.05) is 72.4 Å². The Bertz CT molecular complexity index is 1370. The summed E-state index contributed by atoms with van der Waals surface area (Å²) in [6.07, 6.45) is 2.68. The lowest BCUT2D eigenvalue weighted by atomic mass is 10.00. The standard InChI is InChI=1S/C30H32N4O5S2/c1-30(2,3)39-29(37)33-22-25(35)34-23(21(18-41-26(22)34)14-17-40-28-31-15-16-32-28)27(36)38-24(19-10-6-4-7-11-19)20-12-8-5-9-13-20/h4-13,15-16,22,24,26H,14,17-18H2,1-3H3,(H,31,32)(H,33,37)/t22-,26-/m1/s1. The number of rotatable bonds is 9. The number of ether oxygens (including phenoxy) is 2. The van der Waals surface area contributed by atoms with E-state index < -0.39 is 35.2 Å². The topological polar surface area (TPSA) is 114 Å². The largest absolute Gasteiger partial charge is 0.448 e. The van der Waals surface area contributed by atoms with E-state index in [0.29, 0.717) is 17.9 Å². The molecule has 2 amide bonds. The fourth-order valence-corrected chi connectivity index (χ4v) is 6.86. The second-order valence-electron chi connectivity index (χ2n) is 10.6. The number of esters is 1. The van der Waals surface area contributed by atoms with Crippen LogP contribution in [0.4, 0.5) is 4.79 Å². The van der Waals surface area contributed by atoms with Crippen molar-refractivity contribution in [1.82, 2.24) is 20.2 Å². The summed E-state index contributed by atoms with van der Waals surface area (Å²) >= 11 is 3.05. The van der Waals surface area contributed by atoms with Crippen molar-refractivity contribution in [2.24, 2.45) is 0 Å². The maximum absolute atomic E-state index is 14.0. The fourth-order valence-electron chi connectivity index (χ4n) is 4.65. The first-order valence-electron chi connectivity index (χ1n) is 13.3. The van der Waals surface area contributed by atoms with Crippen molar-refractivity contribution >= 4 is 41.5 Å². The SMILES string of the molecule is CC(C)(C)OC(=O)N[C@@H]1C(=O)N2C(C(=O)OC(c3ccccc3)c3ccccc3)=C(CCSc3ncc[nH]3)CS[C@H]12. The van der Waals surface area contributed by atoms with E-state index in [-0.39, 0.29) is 11.6 Å². The van der Waals surface area contributed by atoms with Gasteiger partial charge >= 0.3 is 12.1 Å². The molecule has 5 rings (SSSR count).